The van der Waals surface area contributed by atoms with Gasteiger partial charge in [-0.15, -0.1) is 0 Å². The van der Waals surface area contributed by atoms with Crippen LogP contribution in [-0.4, -0.2) is 52.3 Å². The average Bonchev–Trinajstić information content (AvgIpc) is 3.13. The van der Waals surface area contributed by atoms with Crippen LogP contribution in [0.2, 0.25) is 0 Å². The molecule has 0 radical (unpaired) electrons. The van der Waals surface area contributed by atoms with Gasteiger partial charge in [0.1, 0.15) is 6.61 Å². The molecule has 3 N–H and O–H groups in total. The van der Waals surface area contributed by atoms with Gasteiger partial charge in [-0.25, -0.2) is 4.57 Å². The van der Waals surface area contributed by atoms with Gasteiger partial charge in [-0.2, -0.15) is 0 Å². The number of carbonyl (C=O) groups excluding carboxylic acids is 2. The smallest absolute Gasteiger partial charge is 0.462 e. The zero-order valence-electron chi connectivity index (χ0n) is 33.3. The lowest BCUT2D eigenvalue weighted by Gasteiger charge is -2.18. The van der Waals surface area contributed by atoms with Crippen molar-refractivity contribution in [1.29, 1.82) is 0 Å². The molecule has 0 saturated heterocycles. The molecule has 0 saturated carbocycles. The van der Waals surface area contributed by atoms with Gasteiger partial charge < -0.3 is 24.4 Å². The molecule has 0 spiro atoms. The molecule has 0 rings (SSSR count). The molecule has 0 aromatic rings. The van der Waals surface area contributed by atoms with Crippen molar-refractivity contribution in [3.05, 3.63) is 60.8 Å². The Morgan fingerprint density at radius 2 is 1.06 bits per heavy atom. The van der Waals surface area contributed by atoms with Crippen molar-refractivity contribution in [2.24, 2.45) is 0 Å². The van der Waals surface area contributed by atoms with Gasteiger partial charge in [0.15, 0.2) is 6.10 Å². The third-order valence-electron chi connectivity index (χ3n) is 8.71. The van der Waals surface area contributed by atoms with Crippen LogP contribution in [0.5, 0.6) is 0 Å². The van der Waals surface area contributed by atoms with E-state index in [2.05, 4.69) is 35.8 Å². The van der Waals surface area contributed by atoms with Gasteiger partial charge >= 0.3 is 19.8 Å². The maximum atomic E-state index is 12.4. The average molecular weight is 767 g/mol. The van der Waals surface area contributed by atoms with Crippen molar-refractivity contribution in [2.75, 3.05) is 13.2 Å². The summed E-state index contributed by atoms with van der Waals surface area (Å²) in [4.78, 5) is 42.8. The monoisotopic (exact) mass is 767 g/mol. The fourth-order valence-corrected chi connectivity index (χ4v) is 5.84. The lowest BCUT2D eigenvalue weighted by molar-refractivity contribution is -0.161. The molecular formula is C43H75O9P. The Morgan fingerprint density at radius 1 is 0.585 bits per heavy atom. The minimum atomic E-state index is -4.77. The first kappa shape index (κ1) is 50.7. The zero-order valence-corrected chi connectivity index (χ0v) is 34.2. The second-order valence-corrected chi connectivity index (χ2v) is 15.0. The molecule has 0 aliphatic heterocycles. The predicted octanol–water partition coefficient (Wildman–Crippen LogP) is 11.5. The van der Waals surface area contributed by atoms with Gasteiger partial charge in [-0.3, -0.25) is 14.1 Å². The summed E-state index contributed by atoms with van der Waals surface area (Å²) >= 11 is 0. The van der Waals surface area contributed by atoms with Gasteiger partial charge in [-0.05, 0) is 44.9 Å². The fourth-order valence-electron chi connectivity index (χ4n) is 5.48. The van der Waals surface area contributed by atoms with Gasteiger partial charge in [0.2, 0.25) is 0 Å². The molecule has 0 aliphatic carbocycles. The van der Waals surface area contributed by atoms with E-state index in [-0.39, 0.29) is 25.6 Å². The maximum absolute atomic E-state index is 12.4. The molecule has 10 heteroatoms. The van der Waals surface area contributed by atoms with Crippen molar-refractivity contribution < 1.29 is 43.0 Å². The third kappa shape index (κ3) is 40.7. The number of unbranched alkanes of at least 4 members (excludes halogenated alkanes) is 17. The topological polar surface area (TPSA) is 140 Å². The standard InChI is InChI=1S/C43H75O9P/c1-3-5-6-7-8-9-10-11-12-13-14-19-22-25-28-31-34-37-43(46)52-41(39-51-53(47,48)49)38-50-42(45)36-33-30-27-24-21-18-16-15-17-20-23-26-29-32-35-40(44)4-2/h16-18,20,24,26-27,29,32,35,40-41,44H,3-15,19,21-23,25,28,30-31,33-34,36-39H2,1-2H3,(H2,47,48,49)/b18-16-,20-17-,27-24-,29-26-,35-32+/t40-,41+/m0/s1. The number of allylic oxidation sites excluding steroid dienone is 9. The summed E-state index contributed by atoms with van der Waals surface area (Å²) in [5, 5.41) is 9.45. The highest BCUT2D eigenvalue weighted by atomic mass is 31.2. The molecule has 0 aliphatic rings. The van der Waals surface area contributed by atoms with Crippen molar-refractivity contribution in [3.63, 3.8) is 0 Å². The molecule has 0 unspecified atom stereocenters. The van der Waals surface area contributed by atoms with Gasteiger partial charge in [0.05, 0.1) is 12.7 Å². The van der Waals surface area contributed by atoms with Crippen molar-refractivity contribution in [2.45, 2.75) is 187 Å². The van der Waals surface area contributed by atoms with Crippen LogP contribution in [0.15, 0.2) is 60.8 Å². The molecule has 306 valence electrons. The lowest BCUT2D eigenvalue weighted by Crippen LogP contribution is -2.29. The summed E-state index contributed by atoms with van der Waals surface area (Å²) in [5.74, 6) is -0.971. The largest absolute Gasteiger partial charge is 0.469 e. The van der Waals surface area contributed by atoms with E-state index >= 15 is 0 Å². The Labute approximate surface area is 322 Å². The van der Waals surface area contributed by atoms with Crippen LogP contribution in [0.3, 0.4) is 0 Å². The first-order valence-electron chi connectivity index (χ1n) is 20.7. The minimum Gasteiger partial charge on any atom is -0.462 e. The minimum absolute atomic E-state index is 0.174. The number of hydrogen-bond acceptors (Lipinski definition) is 7. The normalized spacial score (nSPS) is 13.7. The second kappa shape index (κ2) is 38.0. The highest BCUT2D eigenvalue weighted by Gasteiger charge is 2.22. The Kier molecular flexibility index (Phi) is 36.4. The van der Waals surface area contributed by atoms with E-state index < -0.39 is 32.5 Å². The van der Waals surface area contributed by atoms with E-state index in [1.54, 1.807) is 6.08 Å². The summed E-state index contributed by atoms with van der Waals surface area (Å²) < 4.78 is 26.3. The first-order chi connectivity index (χ1) is 25.7. The van der Waals surface area contributed by atoms with Crippen LogP contribution in [0.25, 0.3) is 0 Å². The van der Waals surface area contributed by atoms with Crippen LogP contribution in [0.4, 0.5) is 0 Å². The highest BCUT2D eigenvalue weighted by Crippen LogP contribution is 2.36. The summed E-state index contributed by atoms with van der Waals surface area (Å²) in [6, 6.07) is 0. The number of aliphatic hydroxyl groups is 1. The number of phosphoric acid groups is 1. The van der Waals surface area contributed by atoms with E-state index in [9.17, 15) is 19.3 Å². The molecule has 0 bridgehead atoms. The van der Waals surface area contributed by atoms with Crippen LogP contribution >= 0.6 is 7.82 Å². The summed E-state index contributed by atoms with van der Waals surface area (Å²) in [6.07, 6.45) is 44.7. The summed E-state index contributed by atoms with van der Waals surface area (Å²) in [6.45, 7) is 3.31. The van der Waals surface area contributed by atoms with E-state index in [1.165, 1.54) is 83.5 Å². The zero-order chi connectivity index (χ0) is 39.1. The molecule has 2 atom stereocenters. The van der Waals surface area contributed by atoms with E-state index in [4.69, 9.17) is 19.3 Å². The van der Waals surface area contributed by atoms with Gasteiger partial charge in [-0.1, -0.05) is 177 Å². The van der Waals surface area contributed by atoms with Gasteiger partial charge in [0, 0.05) is 12.8 Å². The Hall–Kier alpha value is -2.29. The number of hydrogen-bond donors (Lipinski definition) is 3. The third-order valence-corrected chi connectivity index (χ3v) is 9.19. The Balaban J connectivity index is 4.03. The number of ether oxygens (including phenoxy) is 2. The first-order valence-corrected chi connectivity index (χ1v) is 22.2. The van der Waals surface area contributed by atoms with Crippen LogP contribution in [-0.2, 0) is 28.2 Å². The summed E-state index contributed by atoms with van der Waals surface area (Å²) in [5.41, 5.74) is 0. The second-order valence-electron chi connectivity index (χ2n) is 13.8. The van der Waals surface area contributed by atoms with Crippen molar-refractivity contribution in [1.82, 2.24) is 0 Å². The van der Waals surface area contributed by atoms with Crippen molar-refractivity contribution in [3.8, 4) is 0 Å². The molecular weight excluding hydrogens is 691 g/mol. The SMILES string of the molecule is CCCCCCCCCCCCCCCCCCCC(=O)O[C@H](COC(=O)CCC/C=C\C/C=C\C/C=C\C/C=C\C=C\[C@@H](O)CC)COP(=O)(O)O. The molecule has 9 nitrogen and oxygen atoms in total. The Bertz CT molecular complexity index is 1060. The summed E-state index contributed by atoms with van der Waals surface area (Å²) in [7, 11) is -4.77. The van der Waals surface area contributed by atoms with E-state index in [0.717, 1.165) is 38.5 Å². The van der Waals surface area contributed by atoms with Gasteiger partial charge in [0.25, 0.3) is 0 Å². The molecule has 0 aromatic carbocycles. The highest BCUT2D eigenvalue weighted by molar-refractivity contribution is 7.46. The lowest BCUT2D eigenvalue weighted by atomic mass is 10.0. The predicted molar refractivity (Wildman–Crippen MR) is 217 cm³/mol. The molecule has 0 heterocycles. The number of phosphoric ester groups is 1. The number of carbonyl (C=O) groups is 2. The van der Waals surface area contributed by atoms with Crippen molar-refractivity contribution >= 4 is 19.8 Å². The van der Waals surface area contributed by atoms with Crippen LogP contribution in [0.1, 0.15) is 174 Å². The Morgan fingerprint density at radius 3 is 1.57 bits per heavy atom. The van der Waals surface area contributed by atoms with E-state index in [1.807, 2.05) is 37.3 Å². The number of rotatable bonds is 37. The quantitative estimate of drug-likeness (QED) is 0.0185. The molecule has 0 aromatic heterocycles. The maximum Gasteiger partial charge on any atom is 0.469 e. The van der Waals surface area contributed by atoms with Crippen LogP contribution < -0.4 is 0 Å². The molecule has 0 amide bonds. The fraction of sp³-hybridized carbons (Fsp3) is 0.721. The molecule has 53 heavy (non-hydrogen) atoms. The number of esters is 2. The number of aliphatic hydroxyl groups excluding tert-OH is 1. The molecule has 0 fully saturated rings. The van der Waals surface area contributed by atoms with Crippen LogP contribution in [0, 0.1) is 0 Å². The van der Waals surface area contributed by atoms with E-state index in [0.29, 0.717) is 25.7 Å².